The molecule has 0 spiro atoms. The number of hydrogen-bond donors (Lipinski definition) is 1. The summed E-state index contributed by atoms with van der Waals surface area (Å²) in [6.45, 7) is 8.89. The van der Waals surface area contributed by atoms with Crippen LogP contribution < -0.4 is 5.32 Å². The van der Waals surface area contributed by atoms with Crippen molar-refractivity contribution in [3.05, 3.63) is 0 Å². The number of esters is 1. The van der Waals surface area contributed by atoms with Crippen LogP contribution in [0.5, 0.6) is 0 Å². The van der Waals surface area contributed by atoms with Crippen LogP contribution in [0.1, 0.15) is 46.0 Å². The summed E-state index contributed by atoms with van der Waals surface area (Å²) in [7, 11) is 1.47. The van der Waals surface area contributed by atoms with Crippen molar-refractivity contribution in [1.29, 1.82) is 0 Å². The molecular weight excluding hydrogens is 240 g/mol. The van der Waals surface area contributed by atoms with Crippen molar-refractivity contribution in [2.75, 3.05) is 33.3 Å². The maximum Gasteiger partial charge on any atom is 0.322 e. The summed E-state index contributed by atoms with van der Waals surface area (Å²) in [6.07, 6.45) is 5.72. The van der Waals surface area contributed by atoms with Gasteiger partial charge < -0.3 is 15.0 Å². The maximum atomic E-state index is 11.7. The molecule has 1 N–H and O–H groups in total. The van der Waals surface area contributed by atoms with Gasteiger partial charge in [-0.1, -0.05) is 26.7 Å². The topological polar surface area (TPSA) is 41.6 Å². The predicted octanol–water partition coefficient (Wildman–Crippen LogP) is 2.04. The molecular formula is C15H30N2O2. The van der Waals surface area contributed by atoms with E-state index in [1.54, 1.807) is 0 Å². The molecule has 0 saturated carbocycles. The van der Waals surface area contributed by atoms with E-state index < -0.39 is 0 Å². The van der Waals surface area contributed by atoms with Gasteiger partial charge in [-0.3, -0.25) is 4.79 Å². The van der Waals surface area contributed by atoms with E-state index in [0.29, 0.717) is 5.92 Å². The highest BCUT2D eigenvalue weighted by Gasteiger charge is 2.20. The van der Waals surface area contributed by atoms with Gasteiger partial charge in [-0.15, -0.1) is 0 Å². The van der Waals surface area contributed by atoms with Crippen LogP contribution in [0.3, 0.4) is 0 Å². The Kier molecular flexibility index (Phi) is 8.07. The Morgan fingerprint density at radius 2 is 2.05 bits per heavy atom. The molecule has 0 aromatic carbocycles. The Bertz CT molecular complexity index is 253. The molecule has 1 aliphatic heterocycles. The van der Waals surface area contributed by atoms with Crippen molar-refractivity contribution < 1.29 is 9.53 Å². The van der Waals surface area contributed by atoms with E-state index in [0.717, 1.165) is 32.4 Å². The average molecular weight is 270 g/mol. The van der Waals surface area contributed by atoms with Gasteiger partial charge in [-0.25, -0.2) is 0 Å². The second kappa shape index (κ2) is 9.32. The van der Waals surface area contributed by atoms with Crippen LogP contribution in [-0.4, -0.2) is 50.2 Å². The van der Waals surface area contributed by atoms with Crippen molar-refractivity contribution >= 4 is 5.97 Å². The minimum Gasteiger partial charge on any atom is -0.468 e. The first kappa shape index (κ1) is 16.4. The van der Waals surface area contributed by atoms with E-state index in [4.69, 9.17) is 4.74 Å². The minimum atomic E-state index is -0.133. The first-order chi connectivity index (χ1) is 9.17. The van der Waals surface area contributed by atoms with E-state index in [1.807, 2.05) is 0 Å². The molecule has 1 heterocycles. The Morgan fingerprint density at radius 1 is 1.37 bits per heavy atom. The predicted molar refractivity (Wildman–Crippen MR) is 78.2 cm³/mol. The Hall–Kier alpha value is -0.610. The number of hydrogen-bond acceptors (Lipinski definition) is 4. The summed E-state index contributed by atoms with van der Waals surface area (Å²) in [5, 5.41) is 3.38. The van der Waals surface area contributed by atoms with Gasteiger partial charge in [0.15, 0.2) is 0 Å². The maximum absolute atomic E-state index is 11.7. The van der Waals surface area contributed by atoms with Gasteiger partial charge in [0.1, 0.15) is 6.04 Å². The van der Waals surface area contributed by atoms with E-state index in [9.17, 15) is 4.79 Å². The van der Waals surface area contributed by atoms with Crippen LogP contribution >= 0.6 is 0 Å². The van der Waals surface area contributed by atoms with Gasteiger partial charge in [0.2, 0.25) is 0 Å². The van der Waals surface area contributed by atoms with Gasteiger partial charge in [0.05, 0.1) is 7.11 Å². The zero-order valence-corrected chi connectivity index (χ0v) is 12.8. The molecule has 112 valence electrons. The first-order valence-electron chi connectivity index (χ1n) is 7.71. The van der Waals surface area contributed by atoms with E-state index in [1.165, 1.54) is 33.0 Å². The summed E-state index contributed by atoms with van der Waals surface area (Å²) in [6, 6.07) is -0.133. The van der Waals surface area contributed by atoms with Crippen molar-refractivity contribution in [2.24, 2.45) is 5.92 Å². The molecule has 1 aliphatic rings. The number of carbonyl (C=O) groups excluding carboxylic acids is 1. The third-order valence-electron chi connectivity index (χ3n) is 3.81. The lowest BCUT2D eigenvalue weighted by molar-refractivity contribution is -0.143. The van der Waals surface area contributed by atoms with E-state index in [-0.39, 0.29) is 12.0 Å². The molecule has 0 aromatic heterocycles. The number of unbranched alkanes of at least 4 members (excludes halogenated alkanes) is 1. The summed E-state index contributed by atoms with van der Waals surface area (Å²) in [5.41, 5.74) is 0. The minimum absolute atomic E-state index is 0.123. The van der Waals surface area contributed by atoms with Gasteiger partial charge in [-0.05, 0) is 44.8 Å². The number of rotatable bonds is 9. The highest BCUT2D eigenvalue weighted by Crippen LogP contribution is 2.10. The van der Waals surface area contributed by atoms with Crippen LogP contribution in [0, 0.1) is 5.92 Å². The largest absolute Gasteiger partial charge is 0.468 e. The SMILES string of the molecule is CCCCC(NCC(C)CN1CCCC1)C(=O)OC. The highest BCUT2D eigenvalue weighted by atomic mass is 16.5. The summed E-state index contributed by atoms with van der Waals surface area (Å²) < 4.78 is 4.86. The first-order valence-corrected chi connectivity index (χ1v) is 7.71. The van der Waals surface area contributed by atoms with E-state index >= 15 is 0 Å². The third kappa shape index (κ3) is 6.39. The van der Waals surface area contributed by atoms with Crippen molar-refractivity contribution in [3.8, 4) is 0 Å². The van der Waals surface area contributed by atoms with Crippen LogP contribution in [0.2, 0.25) is 0 Å². The monoisotopic (exact) mass is 270 g/mol. The van der Waals surface area contributed by atoms with Crippen molar-refractivity contribution in [1.82, 2.24) is 10.2 Å². The van der Waals surface area contributed by atoms with Crippen LogP contribution in [-0.2, 0) is 9.53 Å². The fraction of sp³-hybridized carbons (Fsp3) is 0.933. The second-order valence-corrected chi connectivity index (χ2v) is 5.74. The molecule has 0 radical (unpaired) electrons. The normalized spacial score (nSPS) is 19.3. The molecule has 2 atom stereocenters. The average Bonchev–Trinajstić information content (AvgIpc) is 2.90. The molecule has 0 bridgehead atoms. The van der Waals surface area contributed by atoms with Gasteiger partial charge in [0.25, 0.3) is 0 Å². The second-order valence-electron chi connectivity index (χ2n) is 5.74. The van der Waals surface area contributed by atoms with Crippen LogP contribution in [0.4, 0.5) is 0 Å². The molecule has 4 nitrogen and oxygen atoms in total. The molecule has 1 rings (SSSR count). The zero-order chi connectivity index (χ0) is 14.1. The Balaban J connectivity index is 2.26. The van der Waals surface area contributed by atoms with Gasteiger partial charge >= 0.3 is 5.97 Å². The molecule has 4 heteroatoms. The standard InChI is InChI=1S/C15H30N2O2/c1-4-5-8-14(15(18)19-3)16-11-13(2)12-17-9-6-7-10-17/h13-14,16H,4-12H2,1-3H3. The Labute approximate surface area is 117 Å². The molecule has 19 heavy (non-hydrogen) atoms. The number of nitrogens with one attached hydrogen (secondary N) is 1. The van der Waals surface area contributed by atoms with Gasteiger partial charge in [0, 0.05) is 6.54 Å². The quantitative estimate of drug-likeness (QED) is 0.651. The van der Waals surface area contributed by atoms with E-state index in [2.05, 4.69) is 24.1 Å². The molecule has 1 saturated heterocycles. The highest BCUT2D eigenvalue weighted by molar-refractivity contribution is 5.75. The molecule has 1 fully saturated rings. The third-order valence-corrected chi connectivity index (χ3v) is 3.81. The Morgan fingerprint density at radius 3 is 2.63 bits per heavy atom. The lowest BCUT2D eigenvalue weighted by Crippen LogP contribution is -2.41. The van der Waals surface area contributed by atoms with Crippen LogP contribution in [0.25, 0.3) is 0 Å². The molecule has 0 aliphatic carbocycles. The lowest BCUT2D eigenvalue weighted by Gasteiger charge is -2.23. The summed E-state index contributed by atoms with van der Waals surface area (Å²) in [5.74, 6) is 0.453. The van der Waals surface area contributed by atoms with Crippen molar-refractivity contribution in [3.63, 3.8) is 0 Å². The zero-order valence-electron chi connectivity index (χ0n) is 12.8. The fourth-order valence-electron chi connectivity index (χ4n) is 2.67. The molecule has 2 unspecified atom stereocenters. The molecule has 0 aromatic rings. The summed E-state index contributed by atoms with van der Waals surface area (Å²) >= 11 is 0. The lowest BCUT2D eigenvalue weighted by atomic mass is 10.1. The number of carbonyl (C=O) groups is 1. The molecule has 0 amide bonds. The number of nitrogens with zero attached hydrogens (tertiary/aromatic N) is 1. The smallest absolute Gasteiger partial charge is 0.322 e. The number of likely N-dealkylation sites (tertiary alicyclic amines) is 1. The van der Waals surface area contributed by atoms with Crippen LogP contribution in [0.15, 0.2) is 0 Å². The number of ether oxygens (including phenoxy) is 1. The number of methoxy groups -OCH3 is 1. The van der Waals surface area contributed by atoms with Crippen molar-refractivity contribution in [2.45, 2.75) is 52.0 Å². The van der Waals surface area contributed by atoms with Gasteiger partial charge in [-0.2, -0.15) is 0 Å². The summed E-state index contributed by atoms with van der Waals surface area (Å²) in [4.78, 5) is 14.2. The fourth-order valence-corrected chi connectivity index (χ4v) is 2.67.